The molecule has 6 nitrogen and oxygen atoms in total. The van der Waals surface area contributed by atoms with Gasteiger partial charge in [-0.05, 0) is 18.2 Å². The van der Waals surface area contributed by atoms with Crippen LogP contribution in [0.2, 0.25) is 0 Å². The van der Waals surface area contributed by atoms with Gasteiger partial charge < -0.3 is 10.4 Å². The maximum absolute atomic E-state index is 12.1. The van der Waals surface area contributed by atoms with Gasteiger partial charge in [-0.2, -0.15) is 0 Å². The van der Waals surface area contributed by atoms with Crippen molar-refractivity contribution in [2.75, 3.05) is 4.90 Å². The van der Waals surface area contributed by atoms with Crippen LogP contribution in [-0.2, 0) is 9.59 Å². The number of carboxylic acid groups (broad SMARTS) is 1. The number of carboxylic acids is 1. The first-order valence-corrected chi connectivity index (χ1v) is 6.43. The van der Waals surface area contributed by atoms with Crippen molar-refractivity contribution in [1.82, 2.24) is 5.32 Å². The molecule has 0 aromatic heterocycles. The highest BCUT2D eigenvalue weighted by atomic mass is 79.9. The number of halogens is 1. The van der Waals surface area contributed by atoms with Gasteiger partial charge in [-0.1, -0.05) is 15.9 Å². The number of carbonyl (C=O) groups is 3. The Morgan fingerprint density at radius 2 is 2.16 bits per heavy atom. The van der Waals surface area contributed by atoms with E-state index in [0.29, 0.717) is 15.7 Å². The molecule has 2 N–H and O–H groups in total. The summed E-state index contributed by atoms with van der Waals surface area (Å²) in [5.74, 6) is -2.00. The predicted octanol–water partition coefficient (Wildman–Crippen LogP) is 1.10. The van der Waals surface area contributed by atoms with Crippen LogP contribution >= 0.6 is 15.9 Å². The topological polar surface area (TPSA) is 86.7 Å². The third-order valence-corrected chi connectivity index (χ3v) is 3.94. The molecule has 0 aliphatic carbocycles. The van der Waals surface area contributed by atoms with Gasteiger partial charge in [0.05, 0.1) is 11.3 Å². The van der Waals surface area contributed by atoms with Crippen LogP contribution in [0, 0.1) is 0 Å². The Kier molecular flexibility index (Phi) is 2.43. The number of aliphatic carboxylic acids is 1. The normalized spacial score (nSPS) is 24.8. The molecule has 0 radical (unpaired) electrons. The zero-order valence-electron chi connectivity index (χ0n) is 9.64. The van der Waals surface area contributed by atoms with Crippen LogP contribution in [0.15, 0.2) is 22.7 Å². The maximum atomic E-state index is 12.1. The van der Waals surface area contributed by atoms with Crippen molar-refractivity contribution < 1.29 is 19.5 Å². The second-order valence-corrected chi connectivity index (χ2v) is 5.43. The standard InChI is InChI=1S/C12H9BrN2O4/c13-6-1-2-8-7(5-6)10(17)14-12(11(18)19)4-3-9(16)15(8)12/h1-2,5H,3-4H2,(H,14,17)(H,18,19). The number of anilines is 1. The monoisotopic (exact) mass is 324 g/mol. The Morgan fingerprint density at radius 1 is 1.42 bits per heavy atom. The predicted molar refractivity (Wildman–Crippen MR) is 68.7 cm³/mol. The quantitative estimate of drug-likeness (QED) is 0.809. The van der Waals surface area contributed by atoms with E-state index in [2.05, 4.69) is 21.2 Å². The lowest BCUT2D eigenvalue weighted by Crippen LogP contribution is -2.66. The van der Waals surface area contributed by atoms with Gasteiger partial charge in [0.1, 0.15) is 0 Å². The van der Waals surface area contributed by atoms with E-state index in [1.807, 2.05) is 0 Å². The van der Waals surface area contributed by atoms with Crippen LogP contribution in [0.4, 0.5) is 5.69 Å². The van der Waals surface area contributed by atoms with E-state index in [1.165, 1.54) is 4.90 Å². The lowest BCUT2D eigenvalue weighted by atomic mass is 10.00. The zero-order chi connectivity index (χ0) is 13.8. The summed E-state index contributed by atoms with van der Waals surface area (Å²) in [5.41, 5.74) is -1.01. The van der Waals surface area contributed by atoms with E-state index in [9.17, 15) is 19.5 Å². The van der Waals surface area contributed by atoms with Crippen molar-refractivity contribution in [3.05, 3.63) is 28.2 Å². The van der Waals surface area contributed by atoms with Crippen LogP contribution in [0.25, 0.3) is 0 Å². The minimum absolute atomic E-state index is 0.0718. The molecule has 7 heteroatoms. The summed E-state index contributed by atoms with van der Waals surface area (Å²) in [4.78, 5) is 36.7. The summed E-state index contributed by atoms with van der Waals surface area (Å²) >= 11 is 3.25. The third kappa shape index (κ3) is 1.51. The van der Waals surface area contributed by atoms with Gasteiger partial charge >= 0.3 is 5.97 Å². The lowest BCUT2D eigenvalue weighted by Gasteiger charge is -2.39. The van der Waals surface area contributed by atoms with Crippen molar-refractivity contribution in [3.63, 3.8) is 0 Å². The van der Waals surface area contributed by atoms with Gasteiger partial charge in [0, 0.05) is 17.3 Å². The highest BCUT2D eigenvalue weighted by Gasteiger charge is 2.56. The van der Waals surface area contributed by atoms with Gasteiger partial charge in [-0.3, -0.25) is 14.5 Å². The van der Waals surface area contributed by atoms with Crippen LogP contribution in [-0.4, -0.2) is 28.6 Å². The Bertz CT molecular complexity index is 630. The van der Waals surface area contributed by atoms with Crippen LogP contribution in [0.3, 0.4) is 0 Å². The fourth-order valence-corrected chi connectivity index (χ4v) is 2.94. The summed E-state index contributed by atoms with van der Waals surface area (Å²) in [6.07, 6.45) is 0.171. The van der Waals surface area contributed by atoms with Gasteiger partial charge in [-0.25, -0.2) is 4.79 Å². The number of carbonyl (C=O) groups excluding carboxylic acids is 2. The van der Waals surface area contributed by atoms with Crippen molar-refractivity contribution in [1.29, 1.82) is 0 Å². The molecule has 2 heterocycles. The molecule has 19 heavy (non-hydrogen) atoms. The summed E-state index contributed by atoms with van der Waals surface area (Å²) in [6, 6.07) is 4.83. The minimum Gasteiger partial charge on any atom is -0.478 e. The van der Waals surface area contributed by atoms with E-state index >= 15 is 0 Å². The molecule has 0 spiro atoms. The molecule has 3 rings (SSSR count). The number of amides is 2. The fraction of sp³-hybridized carbons (Fsp3) is 0.250. The average molecular weight is 325 g/mol. The lowest BCUT2D eigenvalue weighted by molar-refractivity contribution is -0.144. The maximum Gasteiger partial charge on any atom is 0.351 e. The first-order chi connectivity index (χ1) is 8.95. The van der Waals surface area contributed by atoms with Crippen molar-refractivity contribution in [3.8, 4) is 0 Å². The molecule has 0 saturated carbocycles. The summed E-state index contributed by atoms with van der Waals surface area (Å²) in [6.45, 7) is 0. The van der Waals surface area contributed by atoms with Gasteiger partial charge in [0.15, 0.2) is 0 Å². The Labute approximate surface area is 116 Å². The van der Waals surface area contributed by atoms with E-state index in [4.69, 9.17) is 0 Å². The van der Waals surface area contributed by atoms with E-state index in [0.717, 1.165) is 0 Å². The number of benzene rings is 1. The molecule has 0 bridgehead atoms. The van der Waals surface area contributed by atoms with E-state index in [-0.39, 0.29) is 18.7 Å². The van der Waals surface area contributed by atoms with Gasteiger partial charge in [0.2, 0.25) is 11.6 Å². The highest BCUT2D eigenvalue weighted by molar-refractivity contribution is 9.10. The van der Waals surface area contributed by atoms with Crippen molar-refractivity contribution >= 4 is 39.4 Å². The summed E-state index contributed by atoms with van der Waals surface area (Å²) in [5, 5.41) is 11.8. The SMILES string of the molecule is O=C1NC2(C(=O)O)CCC(=O)N2c2ccc(Br)cc21. The van der Waals surface area contributed by atoms with Crippen LogP contribution in [0.1, 0.15) is 23.2 Å². The number of hydrogen-bond acceptors (Lipinski definition) is 3. The van der Waals surface area contributed by atoms with Crippen LogP contribution < -0.4 is 10.2 Å². The fourth-order valence-electron chi connectivity index (χ4n) is 2.58. The molecule has 2 amide bonds. The molecule has 1 fully saturated rings. The zero-order valence-corrected chi connectivity index (χ0v) is 11.2. The summed E-state index contributed by atoms with van der Waals surface area (Å²) < 4.78 is 0.691. The number of hydrogen-bond donors (Lipinski definition) is 2. The Morgan fingerprint density at radius 3 is 2.84 bits per heavy atom. The molecule has 1 aromatic rings. The molecule has 1 unspecified atom stereocenters. The molecule has 1 saturated heterocycles. The molecule has 2 aliphatic heterocycles. The molecule has 2 aliphatic rings. The molecule has 98 valence electrons. The number of nitrogens with zero attached hydrogens (tertiary/aromatic N) is 1. The molecule has 1 aromatic carbocycles. The van der Waals surface area contributed by atoms with Gasteiger partial charge in [0.25, 0.3) is 5.91 Å². The summed E-state index contributed by atoms with van der Waals surface area (Å²) in [7, 11) is 0. The minimum atomic E-state index is -1.64. The molecule has 1 atom stereocenters. The molecular weight excluding hydrogens is 316 g/mol. The number of fused-ring (bicyclic) bond motifs is 3. The second-order valence-electron chi connectivity index (χ2n) is 4.51. The van der Waals surface area contributed by atoms with Crippen molar-refractivity contribution in [2.24, 2.45) is 0 Å². The largest absolute Gasteiger partial charge is 0.478 e. The molecular formula is C12H9BrN2O4. The highest BCUT2D eigenvalue weighted by Crippen LogP contribution is 2.40. The van der Waals surface area contributed by atoms with E-state index in [1.54, 1.807) is 18.2 Å². The number of rotatable bonds is 1. The Hall–Kier alpha value is -1.89. The van der Waals surface area contributed by atoms with Crippen LogP contribution in [0.5, 0.6) is 0 Å². The van der Waals surface area contributed by atoms with Gasteiger partial charge in [-0.15, -0.1) is 0 Å². The first-order valence-electron chi connectivity index (χ1n) is 5.64. The average Bonchev–Trinajstić information content (AvgIpc) is 2.69. The second kappa shape index (κ2) is 3.80. The first kappa shape index (κ1) is 12.2. The van der Waals surface area contributed by atoms with Crippen molar-refractivity contribution in [2.45, 2.75) is 18.5 Å². The third-order valence-electron chi connectivity index (χ3n) is 3.45. The number of nitrogens with one attached hydrogen (secondary N) is 1. The Balaban J connectivity index is 2.25. The smallest absolute Gasteiger partial charge is 0.351 e. The van der Waals surface area contributed by atoms with E-state index < -0.39 is 17.5 Å².